The van der Waals surface area contributed by atoms with E-state index in [-0.39, 0.29) is 11.9 Å². The molecule has 0 aliphatic carbocycles. The van der Waals surface area contributed by atoms with Crippen molar-refractivity contribution < 1.29 is 9.59 Å². The van der Waals surface area contributed by atoms with Crippen molar-refractivity contribution in [2.45, 2.75) is 27.3 Å². The summed E-state index contributed by atoms with van der Waals surface area (Å²) < 4.78 is 1.91. The van der Waals surface area contributed by atoms with Crippen LogP contribution in [0.25, 0.3) is 10.9 Å². The molecular formula is C33H36N10O2. The molecule has 0 saturated carbocycles. The fourth-order valence-electron chi connectivity index (χ4n) is 5.57. The maximum atomic E-state index is 13.4. The summed E-state index contributed by atoms with van der Waals surface area (Å²) in [7, 11) is 1.67. The number of carbonyl (C=O) groups is 2. The van der Waals surface area contributed by atoms with Gasteiger partial charge in [0.05, 0.1) is 29.1 Å². The number of hydrogen-bond donors (Lipinski definition) is 2. The van der Waals surface area contributed by atoms with Crippen molar-refractivity contribution in [1.82, 2.24) is 29.6 Å². The molecule has 1 aliphatic heterocycles. The van der Waals surface area contributed by atoms with Gasteiger partial charge in [0.1, 0.15) is 18.0 Å². The van der Waals surface area contributed by atoms with E-state index < -0.39 is 0 Å². The Bertz CT molecular complexity index is 1840. The van der Waals surface area contributed by atoms with E-state index in [2.05, 4.69) is 42.6 Å². The SMILES string of the molecule is CC(=O)N1CCN(c2ccc(Nc3cc(N(C)C(=O)Nc4cccc5c4c(C)nn5Cc4cccc(C)n4)ncn3)cc2)CC1. The topological polar surface area (TPSA) is 124 Å². The highest BCUT2D eigenvalue weighted by Crippen LogP contribution is 2.28. The number of carbonyl (C=O) groups excluding carboxylic acids is 2. The van der Waals surface area contributed by atoms with Gasteiger partial charge in [-0.2, -0.15) is 5.10 Å². The minimum atomic E-state index is -0.339. The molecule has 1 fully saturated rings. The van der Waals surface area contributed by atoms with Crippen molar-refractivity contribution in [1.29, 1.82) is 0 Å². The summed E-state index contributed by atoms with van der Waals surface area (Å²) in [5.41, 5.74) is 6.23. The molecule has 4 heterocycles. The van der Waals surface area contributed by atoms with Gasteiger partial charge in [0.2, 0.25) is 5.91 Å². The normalized spacial score (nSPS) is 13.2. The number of anilines is 5. The first-order valence-corrected chi connectivity index (χ1v) is 14.9. The minimum Gasteiger partial charge on any atom is -0.368 e. The van der Waals surface area contributed by atoms with Crippen LogP contribution < -0.4 is 20.4 Å². The molecule has 6 rings (SSSR count). The second-order valence-electron chi connectivity index (χ2n) is 11.1. The molecule has 230 valence electrons. The lowest BCUT2D eigenvalue weighted by atomic mass is 10.1. The van der Waals surface area contributed by atoms with Crippen molar-refractivity contribution in [3.8, 4) is 0 Å². The van der Waals surface area contributed by atoms with E-state index in [1.807, 2.05) is 72.0 Å². The number of piperazine rings is 1. The second-order valence-corrected chi connectivity index (χ2v) is 11.1. The number of amides is 3. The molecule has 12 nitrogen and oxygen atoms in total. The monoisotopic (exact) mass is 604 g/mol. The maximum absolute atomic E-state index is 13.4. The Morgan fingerprint density at radius 2 is 1.69 bits per heavy atom. The Kier molecular flexibility index (Phi) is 8.28. The van der Waals surface area contributed by atoms with Crippen LogP contribution in [0, 0.1) is 13.8 Å². The number of hydrogen-bond acceptors (Lipinski definition) is 8. The number of benzene rings is 2. The maximum Gasteiger partial charge on any atom is 0.327 e. The molecular weight excluding hydrogens is 568 g/mol. The molecule has 3 aromatic heterocycles. The zero-order valence-electron chi connectivity index (χ0n) is 25.9. The van der Waals surface area contributed by atoms with Gasteiger partial charge >= 0.3 is 6.03 Å². The van der Waals surface area contributed by atoms with Crippen molar-refractivity contribution in [3.63, 3.8) is 0 Å². The number of aromatic nitrogens is 5. The molecule has 12 heteroatoms. The Balaban J connectivity index is 1.12. The highest BCUT2D eigenvalue weighted by atomic mass is 16.2. The van der Waals surface area contributed by atoms with E-state index in [0.29, 0.717) is 23.9 Å². The second kappa shape index (κ2) is 12.6. The van der Waals surface area contributed by atoms with Crippen LogP contribution in [0.5, 0.6) is 0 Å². The van der Waals surface area contributed by atoms with Gasteiger partial charge in [-0.05, 0) is 62.4 Å². The Morgan fingerprint density at radius 1 is 0.933 bits per heavy atom. The van der Waals surface area contributed by atoms with E-state index >= 15 is 0 Å². The molecule has 2 aromatic carbocycles. The van der Waals surface area contributed by atoms with Crippen LogP contribution in [0.3, 0.4) is 0 Å². The highest BCUT2D eigenvalue weighted by Gasteiger charge is 2.20. The van der Waals surface area contributed by atoms with Crippen LogP contribution in [-0.2, 0) is 11.3 Å². The standard InChI is InChI=1S/C33H36N10O2/c1-22-7-5-8-26(36-22)20-43-29-10-6-9-28(32(29)23(2)39-43)38-33(45)40(4)31-19-30(34-21-35-31)37-25-11-13-27(14-12-25)42-17-15-41(16-18-42)24(3)44/h5-14,19,21H,15-18,20H2,1-4H3,(H,38,45)(H,34,35,37). The molecule has 5 aromatic rings. The first kappa shape index (κ1) is 29.5. The Labute approximate surface area is 261 Å². The molecule has 0 radical (unpaired) electrons. The van der Waals surface area contributed by atoms with Crippen molar-refractivity contribution >= 4 is 51.5 Å². The molecule has 0 unspecified atom stereocenters. The van der Waals surface area contributed by atoms with E-state index in [0.717, 1.165) is 65.5 Å². The summed E-state index contributed by atoms with van der Waals surface area (Å²) in [5.74, 6) is 1.12. The van der Waals surface area contributed by atoms with Gasteiger partial charge in [-0.1, -0.05) is 12.1 Å². The quantitative estimate of drug-likeness (QED) is 0.267. The molecule has 1 saturated heterocycles. The first-order valence-electron chi connectivity index (χ1n) is 14.9. The summed E-state index contributed by atoms with van der Waals surface area (Å²) in [4.78, 5) is 43.9. The summed E-state index contributed by atoms with van der Waals surface area (Å²) in [6.07, 6.45) is 1.43. The van der Waals surface area contributed by atoms with E-state index in [1.165, 1.54) is 11.2 Å². The largest absolute Gasteiger partial charge is 0.368 e. The van der Waals surface area contributed by atoms with E-state index in [4.69, 9.17) is 5.10 Å². The number of aryl methyl sites for hydroxylation is 2. The fraction of sp³-hybridized carbons (Fsp3) is 0.273. The van der Waals surface area contributed by atoms with Crippen LogP contribution in [-0.4, -0.2) is 74.8 Å². The Morgan fingerprint density at radius 3 is 2.42 bits per heavy atom. The van der Waals surface area contributed by atoms with Gasteiger partial charge in [0, 0.05) is 68.7 Å². The zero-order chi connectivity index (χ0) is 31.5. The lowest BCUT2D eigenvalue weighted by Gasteiger charge is -2.35. The highest BCUT2D eigenvalue weighted by molar-refractivity contribution is 6.07. The van der Waals surface area contributed by atoms with Gasteiger partial charge in [0.25, 0.3) is 0 Å². The smallest absolute Gasteiger partial charge is 0.327 e. The molecule has 0 spiro atoms. The number of pyridine rings is 1. The van der Waals surface area contributed by atoms with Crippen LogP contribution in [0.2, 0.25) is 0 Å². The summed E-state index contributed by atoms with van der Waals surface area (Å²) >= 11 is 0. The van der Waals surface area contributed by atoms with Gasteiger partial charge < -0.3 is 20.4 Å². The number of nitrogens with one attached hydrogen (secondary N) is 2. The van der Waals surface area contributed by atoms with Crippen molar-refractivity contribution in [2.75, 3.05) is 53.7 Å². The van der Waals surface area contributed by atoms with Crippen LogP contribution in [0.1, 0.15) is 24.0 Å². The van der Waals surface area contributed by atoms with Gasteiger partial charge in [-0.25, -0.2) is 14.8 Å². The van der Waals surface area contributed by atoms with E-state index in [9.17, 15) is 9.59 Å². The molecule has 2 N–H and O–H groups in total. The van der Waals surface area contributed by atoms with Gasteiger partial charge in [-0.3, -0.25) is 19.4 Å². The third-order valence-corrected chi connectivity index (χ3v) is 7.98. The average Bonchev–Trinajstić information content (AvgIpc) is 3.36. The van der Waals surface area contributed by atoms with Gasteiger partial charge in [0.15, 0.2) is 0 Å². The zero-order valence-corrected chi connectivity index (χ0v) is 25.9. The number of urea groups is 1. The van der Waals surface area contributed by atoms with Crippen LogP contribution in [0.15, 0.2) is 73.1 Å². The predicted molar refractivity (Wildman–Crippen MR) is 176 cm³/mol. The molecule has 3 amide bonds. The third kappa shape index (κ3) is 6.54. The summed E-state index contributed by atoms with van der Waals surface area (Å²) in [6.45, 7) is 9.11. The molecule has 45 heavy (non-hydrogen) atoms. The predicted octanol–water partition coefficient (Wildman–Crippen LogP) is 4.97. The fourth-order valence-corrected chi connectivity index (χ4v) is 5.57. The number of rotatable bonds is 7. The summed E-state index contributed by atoms with van der Waals surface area (Å²) in [5, 5.41) is 12.0. The third-order valence-electron chi connectivity index (χ3n) is 7.98. The van der Waals surface area contributed by atoms with Crippen molar-refractivity contribution in [3.05, 3.63) is 90.1 Å². The lowest BCUT2D eigenvalue weighted by Crippen LogP contribution is -2.48. The lowest BCUT2D eigenvalue weighted by molar-refractivity contribution is -0.129. The van der Waals surface area contributed by atoms with Crippen LogP contribution >= 0.6 is 0 Å². The first-order chi connectivity index (χ1) is 21.7. The number of fused-ring (bicyclic) bond motifs is 1. The summed E-state index contributed by atoms with van der Waals surface area (Å²) in [6, 6.07) is 21.2. The van der Waals surface area contributed by atoms with Crippen molar-refractivity contribution in [2.24, 2.45) is 0 Å². The number of nitrogens with zero attached hydrogens (tertiary/aromatic N) is 8. The van der Waals surface area contributed by atoms with E-state index in [1.54, 1.807) is 20.0 Å². The molecule has 1 aliphatic rings. The van der Waals surface area contributed by atoms with Crippen LogP contribution in [0.4, 0.5) is 33.5 Å². The Hall–Kier alpha value is -5.52. The molecule has 0 bridgehead atoms. The minimum absolute atomic E-state index is 0.119. The molecule has 0 atom stereocenters. The average molecular weight is 605 g/mol. The van der Waals surface area contributed by atoms with Gasteiger partial charge in [-0.15, -0.1) is 0 Å².